The van der Waals surface area contributed by atoms with Crippen molar-refractivity contribution in [1.82, 2.24) is 10.6 Å². The second-order valence-electron chi connectivity index (χ2n) is 6.04. The zero-order valence-corrected chi connectivity index (χ0v) is 14.7. The lowest BCUT2D eigenvalue weighted by Gasteiger charge is -2.29. The van der Waals surface area contributed by atoms with Crippen LogP contribution in [0.3, 0.4) is 0 Å². The molecule has 9 nitrogen and oxygen atoms in total. The molecular formula is C19H17N4O5-. The molecule has 0 aliphatic carbocycles. The first-order chi connectivity index (χ1) is 13.5. The molecule has 2 aromatic carbocycles. The van der Waals surface area contributed by atoms with Crippen molar-refractivity contribution in [3.05, 3.63) is 60.2 Å². The van der Waals surface area contributed by atoms with E-state index in [0.29, 0.717) is 16.9 Å². The lowest BCUT2D eigenvalue weighted by Crippen LogP contribution is -2.50. The highest BCUT2D eigenvalue weighted by atomic mass is 16.4. The molecular weight excluding hydrogens is 364 g/mol. The molecule has 1 atom stereocenters. The molecule has 0 unspecified atom stereocenters. The van der Waals surface area contributed by atoms with Crippen LogP contribution in [0.5, 0.6) is 0 Å². The van der Waals surface area contributed by atoms with Gasteiger partial charge in [-0.05, 0) is 17.7 Å². The number of amides is 4. The van der Waals surface area contributed by atoms with Crippen molar-refractivity contribution in [2.24, 2.45) is 0 Å². The summed E-state index contributed by atoms with van der Waals surface area (Å²) in [6.45, 7) is -0.661. The first-order valence-corrected chi connectivity index (χ1v) is 8.45. The fraction of sp³-hybridized carbons (Fsp3) is 0.158. The van der Waals surface area contributed by atoms with E-state index in [0.717, 1.165) is 0 Å². The van der Waals surface area contributed by atoms with Crippen molar-refractivity contribution in [1.29, 1.82) is 0 Å². The molecule has 3 rings (SSSR count). The van der Waals surface area contributed by atoms with E-state index in [9.17, 15) is 24.3 Å². The Balaban J connectivity index is 1.62. The molecule has 9 heteroatoms. The highest BCUT2D eigenvalue weighted by Crippen LogP contribution is 2.28. The third kappa shape index (κ3) is 4.26. The van der Waals surface area contributed by atoms with Crippen molar-refractivity contribution in [3.63, 3.8) is 0 Å². The number of carbonyl (C=O) groups excluding carboxylic acids is 4. The summed E-state index contributed by atoms with van der Waals surface area (Å²) in [5.74, 6) is -2.53. The third-order valence-corrected chi connectivity index (χ3v) is 4.09. The van der Waals surface area contributed by atoms with Crippen LogP contribution in [-0.2, 0) is 14.4 Å². The molecule has 28 heavy (non-hydrogen) atoms. The van der Waals surface area contributed by atoms with Gasteiger partial charge in [0.2, 0.25) is 11.8 Å². The molecule has 1 heterocycles. The molecule has 2 aromatic rings. The van der Waals surface area contributed by atoms with E-state index < -0.39 is 30.5 Å². The molecule has 0 aromatic heterocycles. The standard InChI is InChI=1S/C19H18N4O5/c24-15(22-17(18(26)27)12-6-2-1-3-7-12)10-20-19(28)23-11-16(25)21-13-8-4-5-9-14(13)23/h1-9,17H,10-11H2,(H,20,28)(H,21,25)(H,22,24)(H,26,27)/p-1/t17-/m0/s1. The predicted octanol–water partition coefficient (Wildman–Crippen LogP) is -0.238. The quantitative estimate of drug-likeness (QED) is 0.658. The number of carboxylic acids is 1. The smallest absolute Gasteiger partial charge is 0.322 e. The maximum atomic E-state index is 12.4. The molecule has 1 aliphatic rings. The number of hydrogen-bond donors (Lipinski definition) is 3. The van der Waals surface area contributed by atoms with Gasteiger partial charge < -0.3 is 25.9 Å². The van der Waals surface area contributed by atoms with Gasteiger partial charge in [0.05, 0.1) is 29.9 Å². The molecule has 4 amide bonds. The molecule has 0 fully saturated rings. The summed E-state index contributed by atoms with van der Waals surface area (Å²) in [5, 5.41) is 18.7. The lowest BCUT2D eigenvalue weighted by atomic mass is 10.1. The number of carboxylic acid groups (broad SMARTS) is 1. The second-order valence-corrected chi connectivity index (χ2v) is 6.04. The summed E-state index contributed by atoms with van der Waals surface area (Å²) in [5.41, 5.74) is 1.33. The minimum Gasteiger partial charge on any atom is -0.548 e. The number of nitrogens with zero attached hydrogens (tertiary/aromatic N) is 1. The number of para-hydroxylation sites is 2. The van der Waals surface area contributed by atoms with E-state index in [-0.39, 0.29) is 12.5 Å². The largest absolute Gasteiger partial charge is 0.548 e. The Kier molecular flexibility index (Phi) is 5.54. The Hall–Kier alpha value is -3.88. The van der Waals surface area contributed by atoms with Crippen LogP contribution >= 0.6 is 0 Å². The monoisotopic (exact) mass is 381 g/mol. The Morgan fingerprint density at radius 2 is 1.75 bits per heavy atom. The average Bonchev–Trinajstić information content (AvgIpc) is 2.70. The Morgan fingerprint density at radius 3 is 2.46 bits per heavy atom. The van der Waals surface area contributed by atoms with Gasteiger partial charge >= 0.3 is 6.03 Å². The van der Waals surface area contributed by atoms with Gasteiger partial charge in [0.25, 0.3) is 0 Å². The van der Waals surface area contributed by atoms with Gasteiger partial charge in [-0.25, -0.2) is 4.79 Å². The van der Waals surface area contributed by atoms with Crippen LogP contribution in [0, 0.1) is 0 Å². The molecule has 0 saturated carbocycles. The molecule has 0 bridgehead atoms. The molecule has 3 N–H and O–H groups in total. The Morgan fingerprint density at radius 1 is 1.07 bits per heavy atom. The summed E-state index contributed by atoms with van der Waals surface area (Å²) in [7, 11) is 0. The second kappa shape index (κ2) is 8.21. The van der Waals surface area contributed by atoms with Gasteiger partial charge in [-0.3, -0.25) is 14.5 Å². The van der Waals surface area contributed by atoms with Crippen LogP contribution in [0.2, 0.25) is 0 Å². The summed E-state index contributed by atoms with van der Waals surface area (Å²) < 4.78 is 0. The van der Waals surface area contributed by atoms with E-state index >= 15 is 0 Å². The molecule has 1 aliphatic heterocycles. The van der Waals surface area contributed by atoms with E-state index in [1.165, 1.54) is 4.90 Å². The van der Waals surface area contributed by atoms with Crippen LogP contribution < -0.4 is 26.0 Å². The number of hydrogen-bond acceptors (Lipinski definition) is 5. The van der Waals surface area contributed by atoms with Crippen molar-refractivity contribution in [2.45, 2.75) is 6.04 Å². The number of nitrogens with one attached hydrogen (secondary N) is 3. The molecule has 0 spiro atoms. The lowest BCUT2D eigenvalue weighted by molar-refractivity contribution is -0.308. The number of fused-ring (bicyclic) bond motifs is 1. The number of aliphatic carboxylic acids is 1. The van der Waals surface area contributed by atoms with Crippen molar-refractivity contribution >= 4 is 35.2 Å². The maximum Gasteiger partial charge on any atom is 0.322 e. The Labute approximate surface area is 160 Å². The summed E-state index contributed by atoms with van der Waals surface area (Å²) in [4.78, 5) is 48.8. The van der Waals surface area contributed by atoms with E-state index in [4.69, 9.17) is 0 Å². The fourth-order valence-electron chi connectivity index (χ4n) is 2.80. The van der Waals surface area contributed by atoms with Crippen molar-refractivity contribution in [2.75, 3.05) is 23.3 Å². The van der Waals surface area contributed by atoms with Gasteiger partial charge in [-0.2, -0.15) is 0 Å². The highest BCUT2D eigenvalue weighted by Gasteiger charge is 2.27. The number of anilines is 2. The number of urea groups is 1. The topological polar surface area (TPSA) is 131 Å². The number of rotatable bonds is 5. The van der Waals surface area contributed by atoms with Gasteiger partial charge in [-0.1, -0.05) is 42.5 Å². The van der Waals surface area contributed by atoms with Crippen LogP contribution in [0.15, 0.2) is 54.6 Å². The maximum absolute atomic E-state index is 12.4. The van der Waals surface area contributed by atoms with Crippen LogP contribution in [0.1, 0.15) is 11.6 Å². The molecule has 144 valence electrons. The van der Waals surface area contributed by atoms with Crippen molar-refractivity contribution < 1.29 is 24.3 Å². The highest BCUT2D eigenvalue weighted by molar-refractivity contribution is 6.09. The predicted molar refractivity (Wildman–Crippen MR) is 98.1 cm³/mol. The first kappa shape index (κ1) is 18.9. The first-order valence-electron chi connectivity index (χ1n) is 8.45. The van der Waals surface area contributed by atoms with Crippen molar-refractivity contribution in [3.8, 4) is 0 Å². The zero-order chi connectivity index (χ0) is 20.1. The minimum absolute atomic E-state index is 0.198. The van der Waals surface area contributed by atoms with Gasteiger partial charge in [0, 0.05) is 0 Å². The summed E-state index contributed by atoms with van der Waals surface area (Å²) >= 11 is 0. The summed E-state index contributed by atoms with van der Waals surface area (Å²) in [6.07, 6.45) is 0. The molecule has 0 radical (unpaired) electrons. The number of carbonyl (C=O) groups is 4. The third-order valence-electron chi connectivity index (χ3n) is 4.09. The minimum atomic E-state index is -1.47. The molecule has 0 saturated heterocycles. The van der Waals surface area contributed by atoms with E-state index in [1.54, 1.807) is 54.6 Å². The average molecular weight is 381 g/mol. The van der Waals surface area contributed by atoms with Gasteiger partial charge in [-0.15, -0.1) is 0 Å². The number of benzene rings is 2. The fourth-order valence-corrected chi connectivity index (χ4v) is 2.80. The Bertz CT molecular complexity index is 916. The zero-order valence-electron chi connectivity index (χ0n) is 14.7. The van der Waals surface area contributed by atoms with Crippen LogP contribution in [0.4, 0.5) is 16.2 Å². The van der Waals surface area contributed by atoms with Gasteiger partial charge in [0.15, 0.2) is 0 Å². The van der Waals surface area contributed by atoms with Crippen LogP contribution in [0.25, 0.3) is 0 Å². The van der Waals surface area contributed by atoms with Crippen LogP contribution in [-0.4, -0.2) is 36.9 Å². The van der Waals surface area contributed by atoms with Gasteiger partial charge in [0.1, 0.15) is 6.54 Å². The normalized spacial score (nSPS) is 13.7. The van der Waals surface area contributed by atoms with E-state index in [1.807, 2.05) is 0 Å². The SMILES string of the molecule is O=C1CN(C(=O)NCC(=O)N[C@H](C(=O)[O-])c2ccccc2)c2ccccc2N1. The van der Waals surface area contributed by atoms with E-state index in [2.05, 4.69) is 16.0 Å². The summed E-state index contributed by atoms with van der Waals surface area (Å²) in [6, 6.07) is 12.8.